The predicted octanol–water partition coefficient (Wildman–Crippen LogP) is 2.68. The van der Waals surface area contributed by atoms with E-state index in [0.29, 0.717) is 24.6 Å². The van der Waals surface area contributed by atoms with Crippen molar-refractivity contribution in [1.82, 2.24) is 10.6 Å². The van der Waals surface area contributed by atoms with Crippen LogP contribution < -0.4 is 20.3 Å². The van der Waals surface area contributed by atoms with Crippen molar-refractivity contribution in [3.05, 3.63) is 24.3 Å². The molecule has 0 bridgehead atoms. The summed E-state index contributed by atoms with van der Waals surface area (Å²) in [6, 6.07) is 7.33. The van der Waals surface area contributed by atoms with Crippen LogP contribution in [0.5, 0.6) is 5.75 Å². The number of nitrogens with zero attached hydrogens (tertiary/aromatic N) is 1. The van der Waals surface area contributed by atoms with Gasteiger partial charge in [0.05, 0.1) is 13.2 Å². The Labute approximate surface area is 148 Å². The molecule has 2 N–H and O–H groups in total. The predicted molar refractivity (Wildman–Crippen MR) is 96.8 cm³/mol. The minimum atomic E-state index is -0.169. The second-order valence-corrected chi connectivity index (χ2v) is 7.09. The van der Waals surface area contributed by atoms with Gasteiger partial charge in [0.1, 0.15) is 5.75 Å². The Kier molecular flexibility index (Phi) is 5.46. The quantitative estimate of drug-likeness (QED) is 0.881. The molecule has 0 spiro atoms. The van der Waals surface area contributed by atoms with Crippen LogP contribution in [0.3, 0.4) is 0 Å². The maximum absolute atomic E-state index is 12.3. The summed E-state index contributed by atoms with van der Waals surface area (Å²) in [5, 5.41) is 6.05. The molecule has 0 aromatic heterocycles. The van der Waals surface area contributed by atoms with Gasteiger partial charge < -0.3 is 20.3 Å². The molecule has 2 fully saturated rings. The summed E-state index contributed by atoms with van der Waals surface area (Å²) >= 11 is 0. The molecule has 1 saturated carbocycles. The minimum absolute atomic E-state index is 0.0181. The lowest BCUT2D eigenvalue weighted by atomic mass is 9.86. The Morgan fingerprint density at radius 2 is 2.04 bits per heavy atom. The number of amides is 3. The van der Waals surface area contributed by atoms with Crippen LogP contribution in [0.2, 0.25) is 0 Å². The minimum Gasteiger partial charge on any atom is -0.497 e. The fourth-order valence-corrected chi connectivity index (χ4v) is 3.76. The molecular weight excluding hydrogens is 318 g/mol. The van der Waals surface area contributed by atoms with E-state index in [0.717, 1.165) is 18.5 Å². The lowest BCUT2D eigenvalue weighted by Gasteiger charge is -2.30. The number of rotatable bonds is 4. The Bertz CT molecular complexity index is 634. The Balaban J connectivity index is 1.56. The zero-order chi connectivity index (χ0) is 17.8. The fourth-order valence-electron chi connectivity index (χ4n) is 3.76. The second-order valence-electron chi connectivity index (χ2n) is 7.09. The van der Waals surface area contributed by atoms with Crippen LogP contribution in [0, 0.1) is 5.92 Å². The fraction of sp³-hybridized carbons (Fsp3) is 0.579. The van der Waals surface area contributed by atoms with Gasteiger partial charge in [0.25, 0.3) is 0 Å². The average molecular weight is 345 g/mol. The number of carbonyl (C=O) groups is 2. The number of anilines is 1. The topological polar surface area (TPSA) is 70.7 Å². The maximum atomic E-state index is 12.3. The van der Waals surface area contributed by atoms with E-state index < -0.39 is 0 Å². The normalized spacial score (nSPS) is 26.4. The standard InChI is InChI=1S/C19H27N3O3/c1-13-6-3-4-9-17(13)21-19(24)20-14-10-18(23)22(12-14)15-7-5-8-16(11-15)25-2/h5,7-8,11,13-14,17H,3-4,6,9-10,12H2,1-2H3,(H2,20,21,24)/t13-,14+,17-/m0/s1. The van der Waals surface area contributed by atoms with Crippen molar-refractivity contribution in [2.75, 3.05) is 18.6 Å². The molecule has 1 aliphatic carbocycles. The van der Waals surface area contributed by atoms with Gasteiger partial charge in [-0.3, -0.25) is 4.79 Å². The van der Waals surface area contributed by atoms with Crippen LogP contribution in [-0.2, 0) is 4.79 Å². The molecule has 0 unspecified atom stereocenters. The summed E-state index contributed by atoms with van der Waals surface area (Å²) in [6.45, 7) is 2.67. The first-order chi connectivity index (χ1) is 12.1. The van der Waals surface area contributed by atoms with Crippen LogP contribution in [0.4, 0.5) is 10.5 Å². The van der Waals surface area contributed by atoms with Crippen LogP contribution in [-0.4, -0.2) is 37.7 Å². The Morgan fingerprint density at radius 3 is 2.80 bits per heavy atom. The van der Waals surface area contributed by atoms with E-state index in [-0.39, 0.29) is 24.0 Å². The van der Waals surface area contributed by atoms with Gasteiger partial charge in [-0.2, -0.15) is 0 Å². The van der Waals surface area contributed by atoms with Crippen molar-refractivity contribution in [3.8, 4) is 5.75 Å². The third-order valence-corrected chi connectivity index (χ3v) is 5.25. The van der Waals surface area contributed by atoms with E-state index in [9.17, 15) is 9.59 Å². The second kappa shape index (κ2) is 7.76. The molecule has 6 heteroatoms. The number of methoxy groups -OCH3 is 1. The summed E-state index contributed by atoms with van der Waals surface area (Å²) in [5.74, 6) is 1.24. The van der Waals surface area contributed by atoms with E-state index in [1.54, 1.807) is 12.0 Å². The summed E-state index contributed by atoms with van der Waals surface area (Å²) in [6.07, 6.45) is 4.93. The van der Waals surface area contributed by atoms with Crippen LogP contribution in [0.15, 0.2) is 24.3 Å². The molecule has 3 amide bonds. The average Bonchev–Trinajstić information content (AvgIpc) is 2.97. The van der Waals surface area contributed by atoms with E-state index in [2.05, 4.69) is 17.6 Å². The first-order valence-electron chi connectivity index (χ1n) is 9.08. The van der Waals surface area contributed by atoms with E-state index in [1.165, 1.54) is 12.8 Å². The monoisotopic (exact) mass is 345 g/mol. The van der Waals surface area contributed by atoms with Gasteiger partial charge in [0, 0.05) is 30.8 Å². The van der Waals surface area contributed by atoms with Crippen molar-refractivity contribution in [3.63, 3.8) is 0 Å². The molecule has 136 valence electrons. The molecule has 1 heterocycles. The number of urea groups is 1. The third-order valence-electron chi connectivity index (χ3n) is 5.25. The van der Waals surface area contributed by atoms with Crippen molar-refractivity contribution in [1.29, 1.82) is 0 Å². The first-order valence-corrected chi connectivity index (χ1v) is 9.08. The van der Waals surface area contributed by atoms with Crippen molar-refractivity contribution >= 4 is 17.6 Å². The highest BCUT2D eigenvalue weighted by molar-refractivity contribution is 5.97. The summed E-state index contributed by atoms with van der Waals surface area (Å²) in [7, 11) is 1.60. The van der Waals surface area contributed by atoms with Crippen LogP contribution >= 0.6 is 0 Å². The molecule has 3 rings (SSSR count). The van der Waals surface area contributed by atoms with Crippen molar-refractivity contribution in [2.24, 2.45) is 5.92 Å². The van der Waals surface area contributed by atoms with E-state index >= 15 is 0 Å². The Hall–Kier alpha value is -2.24. The smallest absolute Gasteiger partial charge is 0.315 e. The molecule has 0 radical (unpaired) electrons. The van der Waals surface area contributed by atoms with Gasteiger partial charge in [-0.05, 0) is 30.9 Å². The lowest BCUT2D eigenvalue weighted by Crippen LogP contribution is -2.49. The third kappa shape index (κ3) is 4.24. The largest absolute Gasteiger partial charge is 0.497 e. The van der Waals surface area contributed by atoms with Crippen molar-refractivity contribution < 1.29 is 14.3 Å². The SMILES string of the molecule is COc1cccc(N2C[C@H](NC(=O)N[C@H]3CCCC[C@@H]3C)CC2=O)c1. The molecule has 1 saturated heterocycles. The summed E-state index contributed by atoms with van der Waals surface area (Å²) in [4.78, 5) is 26.3. The molecule has 6 nitrogen and oxygen atoms in total. The van der Waals surface area contributed by atoms with E-state index in [1.807, 2.05) is 24.3 Å². The number of hydrogen-bond donors (Lipinski definition) is 2. The maximum Gasteiger partial charge on any atom is 0.315 e. The Morgan fingerprint density at radius 1 is 1.24 bits per heavy atom. The van der Waals surface area contributed by atoms with Gasteiger partial charge >= 0.3 is 6.03 Å². The molecule has 1 aromatic carbocycles. The lowest BCUT2D eigenvalue weighted by molar-refractivity contribution is -0.117. The molecular formula is C19H27N3O3. The van der Waals surface area contributed by atoms with Gasteiger partial charge in [-0.25, -0.2) is 4.79 Å². The highest BCUT2D eigenvalue weighted by Gasteiger charge is 2.32. The molecule has 2 aliphatic rings. The van der Waals surface area contributed by atoms with Crippen LogP contribution in [0.25, 0.3) is 0 Å². The first kappa shape index (κ1) is 17.6. The number of hydrogen-bond acceptors (Lipinski definition) is 3. The van der Waals surface area contributed by atoms with Crippen molar-refractivity contribution in [2.45, 2.75) is 51.1 Å². The molecule has 1 aromatic rings. The number of carbonyl (C=O) groups excluding carboxylic acids is 2. The van der Waals surface area contributed by atoms with Gasteiger partial charge in [0.15, 0.2) is 0 Å². The molecule has 25 heavy (non-hydrogen) atoms. The summed E-state index contributed by atoms with van der Waals surface area (Å²) < 4.78 is 5.22. The highest BCUT2D eigenvalue weighted by atomic mass is 16.5. The number of nitrogens with one attached hydrogen (secondary N) is 2. The van der Waals surface area contributed by atoms with Crippen LogP contribution in [0.1, 0.15) is 39.0 Å². The highest BCUT2D eigenvalue weighted by Crippen LogP contribution is 2.26. The zero-order valence-corrected chi connectivity index (χ0v) is 15.0. The zero-order valence-electron chi connectivity index (χ0n) is 15.0. The molecule has 1 aliphatic heterocycles. The number of benzene rings is 1. The van der Waals surface area contributed by atoms with Gasteiger partial charge in [-0.15, -0.1) is 0 Å². The van der Waals surface area contributed by atoms with Gasteiger partial charge in [0.2, 0.25) is 5.91 Å². The summed E-state index contributed by atoms with van der Waals surface area (Å²) in [5.41, 5.74) is 0.801. The van der Waals surface area contributed by atoms with E-state index in [4.69, 9.17) is 4.74 Å². The number of ether oxygens (including phenoxy) is 1. The molecule has 3 atom stereocenters. The van der Waals surface area contributed by atoms with Gasteiger partial charge in [-0.1, -0.05) is 25.8 Å².